The van der Waals surface area contributed by atoms with Crippen molar-refractivity contribution in [3.8, 4) is 0 Å². The van der Waals surface area contributed by atoms with Crippen LogP contribution >= 0.6 is 11.3 Å². The third kappa shape index (κ3) is 2.73. The van der Waals surface area contributed by atoms with E-state index in [1.54, 1.807) is 16.0 Å². The summed E-state index contributed by atoms with van der Waals surface area (Å²) in [5, 5.41) is 9.50. The lowest BCUT2D eigenvalue weighted by Crippen LogP contribution is -2.31. The van der Waals surface area contributed by atoms with Gasteiger partial charge in [0.25, 0.3) is 0 Å². The summed E-state index contributed by atoms with van der Waals surface area (Å²) in [7, 11) is 0. The molecule has 3 heterocycles. The molecule has 7 heteroatoms. The van der Waals surface area contributed by atoms with Gasteiger partial charge < -0.3 is 10.1 Å². The van der Waals surface area contributed by atoms with Crippen LogP contribution in [0.25, 0.3) is 0 Å². The molecule has 0 bridgehead atoms. The summed E-state index contributed by atoms with van der Waals surface area (Å²) in [6, 6.07) is 3.73. The second-order valence-electron chi connectivity index (χ2n) is 6.28. The lowest BCUT2D eigenvalue weighted by atomic mass is 9.97. The van der Waals surface area contributed by atoms with E-state index >= 15 is 0 Å². The first-order chi connectivity index (χ1) is 11.7. The van der Waals surface area contributed by atoms with Gasteiger partial charge in [0.05, 0.1) is 5.57 Å². The second kappa shape index (κ2) is 6.39. The molecule has 2 aliphatic rings. The SMILES string of the molecule is CC1=C(C(=O)OC2CCCCC2)[C@H](c2cccs2)n2ncnc2N1. The highest BCUT2D eigenvalue weighted by Crippen LogP contribution is 2.37. The largest absolute Gasteiger partial charge is 0.459 e. The maximum Gasteiger partial charge on any atom is 0.338 e. The first kappa shape index (κ1) is 15.4. The summed E-state index contributed by atoms with van der Waals surface area (Å²) in [6.45, 7) is 1.90. The predicted molar refractivity (Wildman–Crippen MR) is 91.8 cm³/mol. The minimum atomic E-state index is -0.278. The third-order valence-corrected chi connectivity index (χ3v) is 5.58. The highest BCUT2D eigenvalue weighted by atomic mass is 32.1. The van der Waals surface area contributed by atoms with Gasteiger partial charge in [-0.2, -0.15) is 10.1 Å². The molecule has 1 atom stereocenters. The van der Waals surface area contributed by atoms with Gasteiger partial charge in [-0.3, -0.25) is 0 Å². The lowest BCUT2D eigenvalue weighted by Gasteiger charge is -2.29. The fourth-order valence-electron chi connectivity index (χ4n) is 3.46. The highest BCUT2D eigenvalue weighted by molar-refractivity contribution is 7.10. The summed E-state index contributed by atoms with van der Waals surface area (Å²) in [5.74, 6) is 0.409. The maximum atomic E-state index is 12.9. The summed E-state index contributed by atoms with van der Waals surface area (Å²) in [4.78, 5) is 18.2. The summed E-state index contributed by atoms with van der Waals surface area (Å²) in [6.07, 6.45) is 6.97. The number of ether oxygens (including phenoxy) is 1. The van der Waals surface area contributed by atoms with Crippen LogP contribution < -0.4 is 5.32 Å². The van der Waals surface area contributed by atoms with Crippen molar-refractivity contribution in [1.82, 2.24) is 14.8 Å². The standard InChI is InChI=1S/C17H20N4O2S/c1-11-14(16(22)23-12-6-3-2-4-7-12)15(13-8-5-9-24-13)21-17(20-11)18-10-19-21/h5,8-10,12,15H,2-4,6-7H2,1H3,(H,18,19,20)/t15-/m0/s1. The quantitative estimate of drug-likeness (QED) is 0.863. The third-order valence-electron chi connectivity index (χ3n) is 4.65. The molecule has 0 aromatic carbocycles. The molecule has 1 aliphatic heterocycles. The zero-order valence-electron chi connectivity index (χ0n) is 13.6. The van der Waals surface area contributed by atoms with Gasteiger partial charge >= 0.3 is 5.97 Å². The average molecular weight is 344 g/mol. The maximum absolute atomic E-state index is 12.9. The van der Waals surface area contributed by atoms with Gasteiger partial charge in [0, 0.05) is 10.6 Å². The Bertz CT molecular complexity index is 759. The van der Waals surface area contributed by atoms with Gasteiger partial charge in [-0.15, -0.1) is 11.3 Å². The van der Waals surface area contributed by atoms with Gasteiger partial charge in [-0.1, -0.05) is 12.5 Å². The van der Waals surface area contributed by atoms with Crippen LogP contribution in [-0.4, -0.2) is 26.8 Å². The van der Waals surface area contributed by atoms with Crippen LogP contribution in [0.4, 0.5) is 5.95 Å². The van der Waals surface area contributed by atoms with Crippen molar-refractivity contribution < 1.29 is 9.53 Å². The number of esters is 1. The molecule has 0 radical (unpaired) electrons. The van der Waals surface area contributed by atoms with E-state index in [1.165, 1.54) is 12.7 Å². The van der Waals surface area contributed by atoms with Crippen molar-refractivity contribution in [1.29, 1.82) is 0 Å². The Balaban J connectivity index is 1.67. The van der Waals surface area contributed by atoms with Crippen LogP contribution in [0.1, 0.15) is 49.9 Å². The van der Waals surface area contributed by atoms with Crippen molar-refractivity contribution in [3.63, 3.8) is 0 Å². The number of hydrogen-bond acceptors (Lipinski definition) is 6. The second-order valence-corrected chi connectivity index (χ2v) is 7.25. The Labute approximate surface area is 144 Å². The Morgan fingerprint density at radius 1 is 1.38 bits per heavy atom. The van der Waals surface area contributed by atoms with E-state index in [1.807, 2.05) is 24.4 Å². The fourth-order valence-corrected chi connectivity index (χ4v) is 4.28. The number of thiophene rings is 1. The van der Waals surface area contributed by atoms with Crippen LogP contribution in [0.3, 0.4) is 0 Å². The molecule has 0 saturated heterocycles. The van der Waals surface area contributed by atoms with Crippen molar-refractivity contribution >= 4 is 23.3 Å². The average Bonchev–Trinajstić information content (AvgIpc) is 3.25. The molecule has 2 aromatic heterocycles. The smallest absolute Gasteiger partial charge is 0.338 e. The molecule has 1 fully saturated rings. The van der Waals surface area contributed by atoms with Gasteiger partial charge in [-0.05, 0) is 44.1 Å². The summed E-state index contributed by atoms with van der Waals surface area (Å²) < 4.78 is 7.59. The van der Waals surface area contributed by atoms with Crippen LogP contribution in [0.15, 0.2) is 35.1 Å². The van der Waals surface area contributed by atoms with Gasteiger partial charge in [0.1, 0.15) is 18.5 Å². The number of aromatic nitrogens is 3. The number of carbonyl (C=O) groups excluding carboxylic acids is 1. The number of anilines is 1. The number of nitrogens with one attached hydrogen (secondary N) is 1. The minimum Gasteiger partial charge on any atom is -0.459 e. The van der Waals surface area contributed by atoms with Crippen LogP contribution in [0.5, 0.6) is 0 Å². The number of rotatable bonds is 3. The van der Waals surface area contributed by atoms with E-state index in [2.05, 4.69) is 15.4 Å². The first-order valence-corrected chi connectivity index (χ1v) is 9.23. The highest BCUT2D eigenvalue weighted by Gasteiger charge is 2.35. The molecule has 4 rings (SSSR count). The van der Waals surface area contributed by atoms with Crippen molar-refractivity contribution in [2.45, 2.75) is 51.2 Å². The van der Waals surface area contributed by atoms with Gasteiger partial charge in [-0.25, -0.2) is 9.48 Å². The van der Waals surface area contributed by atoms with E-state index in [9.17, 15) is 4.79 Å². The van der Waals surface area contributed by atoms with Gasteiger partial charge in [0.15, 0.2) is 0 Å². The molecule has 1 saturated carbocycles. The van der Waals surface area contributed by atoms with Crippen LogP contribution in [0.2, 0.25) is 0 Å². The molecule has 24 heavy (non-hydrogen) atoms. The van der Waals surface area contributed by atoms with Crippen LogP contribution in [0, 0.1) is 0 Å². The molecular weight excluding hydrogens is 324 g/mol. The number of nitrogens with zero attached hydrogens (tertiary/aromatic N) is 3. The topological polar surface area (TPSA) is 69.0 Å². The molecular formula is C17H20N4O2S. The molecule has 2 aromatic rings. The fraction of sp³-hybridized carbons (Fsp3) is 0.471. The summed E-state index contributed by atoms with van der Waals surface area (Å²) in [5.41, 5.74) is 1.41. The molecule has 1 aliphatic carbocycles. The lowest BCUT2D eigenvalue weighted by molar-refractivity contribution is -0.146. The van der Waals surface area contributed by atoms with Crippen molar-refractivity contribution in [2.75, 3.05) is 5.32 Å². The van der Waals surface area contributed by atoms with Gasteiger partial charge in [0.2, 0.25) is 5.95 Å². The van der Waals surface area contributed by atoms with E-state index in [4.69, 9.17) is 4.74 Å². The molecule has 6 nitrogen and oxygen atoms in total. The van der Waals surface area contributed by atoms with Crippen LogP contribution in [-0.2, 0) is 9.53 Å². The predicted octanol–water partition coefficient (Wildman–Crippen LogP) is 3.50. The molecule has 0 spiro atoms. The molecule has 0 amide bonds. The van der Waals surface area contributed by atoms with Crippen molar-refractivity contribution in [3.05, 3.63) is 40.0 Å². The van der Waals surface area contributed by atoms with Crippen molar-refractivity contribution in [2.24, 2.45) is 0 Å². The molecule has 126 valence electrons. The number of hydrogen-bond donors (Lipinski definition) is 1. The first-order valence-electron chi connectivity index (χ1n) is 8.35. The Hall–Kier alpha value is -2.15. The van der Waals surface area contributed by atoms with E-state index in [0.717, 1.165) is 36.3 Å². The molecule has 1 N–H and O–H groups in total. The zero-order chi connectivity index (χ0) is 16.5. The normalized spacial score (nSPS) is 21.3. The van der Waals surface area contributed by atoms with E-state index in [-0.39, 0.29) is 18.1 Å². The number of allylic oxidation sites excluding steroid dienone is 1. The Morgan fingerprint density at radius 3 is 2.96 bits per heavy atom. The Kier molecular flexibility index (Phi) is 4.10. The monoisotopic (exact) mass is 344 g/mol. The number of fused-ring (bicyclic) bond motifs is 1. The van der Waals surface area contributed by atoms with E-state index < -0.39 is 0 Å². The molecule has 0 unspecified atom stereocenters. The minimum absolute atomic E-state index is 0.0349. The zero-order valence-corrected chi connectivity index (χ0v) is 14.4. The number of carbonyl (C=O) groups is 1. The van der Waals surface area contributed by atoms with E-state index in [0.29, 0.717) is 11.5 Å². The Morgan fingerprint density at radius 2 is 2.21 bits per heavy atom. The summed E-state index contributed by atoms with van der Waals surface area (Å²) >= 11 is 1.61.